The minimum Gasteiger partial charge on any atom is -0.493 e. The molecular weight excluding hydrogens is 344 g/mol. The topological polar surface area (TPSA) is 67.9 Å². The first-order valence-corrected chi connectivity index (χ1v) is 9.46. The monoisotopic (exact) mass is 372 g/mol. The highest BCUT2D eigenvalue weighted by molar-refractivity contribution is 5.84. The summed E-state index contributed by atoms with van der Waals surface area (Å²) in [6.07, 6.45) is 4.29. The van der Waals surface area contributed by atoms with Crippen LogP contribution in [0.15, 0.2) is 30.9 Å². The number of hydrogen-bond acceptors (Lipinski definition) is 4. The van der Waals surface area contributed by atoms with Gasteiger partial charge in [0, 0.05) is 31.5 Å². The van der Waals surface area contributed by atoms with Crippen LogP contribution in [0.2, 0.25) is 0 Å². The van der Waals surface area contributed by atoms with Crippen LogP contribution in [0.5, 0.6) is 11.5 Å². The van der Waals surface area contributed by atoms with E-state index in [0.29, 0.717) is 37.6 Å². The predicted molar refractivity (Wildman–Crippen MR) is 103 cm³/mol. The van der Waals surface area contributed by atoms with Crippen molar-refractivity contribution in [2.24, 2.45) is 11.8 Å². The number of carbonyl (C=O) groups is 2. The summed E-state index contributed by atoms with van der Waals surface area (Å²) in [6.45, 7) is 5.21. The summed E-state index contributed by atoms with van der Waals surface area (Å²) >= 11 is 0. The molecule has 6 nitrogen and oxygen atoms in total. The van der Waals surface area contributed by atoms with Gasteiger partial charge in [0.25, 0.3) is 0 Å². The molecular formula is C21H28N2O4. The number of rotatable bonds is 7. The summed E-state index contributed by atoms with van der Waals surface area (Å²) in [5.41, 5.74) is 1.06. The third kappa shape index (κ3) is 4.43. The number of nitrogens with one attached hydrogen (secondary N) is 1. The van der Waals surface area contributed by atoms with E-state index in [-0.39, 0.29) is 29.6 Å². The van der Waals surface area contributed by atoms with E-state index >= 15 is 0 Å². The Hall–Kier alpha value is -2.50. The van der Waals surface area contributed by atoms with Crippen molar-refractivity contribution in [3.63, 3.8) is 0 Å². The van der Waals surface area contributed by atoms with Crippen molar-refractivity contribution in [3.05, 3.63) is 36.4 Å². The Morgan fingerprint density at radius 2 is 1.93 bits per heavy atom. The molecule has 1 saturated carbocycles. The second-order valence-corrected chi connectivity index (χ2v) is 7.30. The van der Waals surface area contributed by atoms with Crippen LogP contribution in [0.4, 0.5) is 0 Å². The Morgan fingerprint density at radius 1 is 1.19 bits per heavy atom. The number of carbonyl (C=O) groups excluding carboxylic acids is 2. The van der Waals surface area contributed by atoms with Gasteiger partial charge in [0.2, 0.25) is 11.8 Å². The van der Waals surface area contributed by atoms with Crippen molar-refractivity contribution in [3.8, 4) is 11.5 Å². The highest BCUT2D eigenvalue weighted by atomic mass is 16.5. The first-order valence-electron chi connectivity index (χ1n) is 9.46. The number of nitrogens with zero attached hydrogens (tertiary/aromatic N) is 1. The number of ether oxygens (including phenoxy) is 2. The van der Waals surface area contributed by atoms with Crippen molar-refractivity contribution in [2.45, 2.75) is 25.2 Å². The maximum atomic E-state index is 12.7. The second-order valence-electron chi connectivity index (χ2n) is 7.30. The Bertz CT molecular complexity index is 714. The summed E-state index contributed by atoms with van der Waals surface area (Å²) < 4.78 is 10.7. The van der Waals surface area contributed by atoms with Crippen LogP contribution < -0.4 is 14.8 Å². The molecule has 1 saturated heterocycles. The van der Waals surface area contributed by atoms with Gasteiger partial charge in [-0.3, -0.25) is 9.59 Å². The SMILES string of the molecule is C=CCNC(=O)[C@@H]1C[C@@H](c2ccc(OC)c(OC)c2)CN(C(=O)C2CC2)C1. The molecule has 1 aromatic carbocycles. The summed E-state index contributed by atoms with van der Waals surface area (Å²) in [4.78, 5) is 27.1. The lowest BCUT2D eigenvalue weighted by molar-refractivity contribution is -0.137. The molecule has 1 heterocycles. The van der Waals surface area contributed by atoms with Crippen LogP contribution in [-0.4, -0.2) is 50.6 Å². The van der Waals surface area contributed by atoms with Crippen molar-refractivity contribution in [1.82, 2.24) is 10.2 Å². The lowest BCUT2D eigenvalue weighted by Crippen LogP contribution is -2.48. The van der Waals surface area contributed by atoms with E-state index in [4.69, 9.17) is 9.47 Å². The molecule has 1 aromatic rings. The molecule has 2 fully saturated rings. The zero-order chi connectivity index (χ0) is 19.4. The average Bonchev–Trinajstić information content (AvgIpc) is 3.55. The number of likely N-dealkylation sites (tertiary alicyclic amines) is 1. The van der Waals surface area contributed by atoms with Crippen molar-refractivity contribution >= 4 is 11.8 Å². The standard InChI is InChI=1S/C21H28N2O4/c1-4-9-22-20(24)17-10-16(12-23(13-17)21(25)14-5-6-14)15-7-8-18(26-2)19(11-15)27-3/h4,7-8,11,14,16-17H,1,5-6,9-10,12-13H2,2-3H3,(H,22,24)/t16-,17-/m1/s1. The third-order valence-corrected chi connectivity index (χ3v) is 5.36. The fourth-order valence-electron chi connectivity index (χ4n) is 3.72. The van der Waals surface area contributed by atoms with Crippen molar-refractivity contribution < 1.29 is 19.1 Å². The van der Waals surface area contributed by atoms with Gasteiger partial charge in [-0.1, -0.05) is 12.1 Å². The first kappa shape index (κ1) is 19.3. The minimum atomic E-state index is -0.223. The average molecular weight is 372 g/mol. The van der Waals surface area contributed by atoms with Gasteiger partial charge in [-0.15, -0.1) is 6.58 Å². The first-order chi connectivity index (χ1) is 13.1. The Balaban J connectivity index is 1.82. The molecule has 3 rings (SSSR count). The van der Waals surface area contributed by atoms with Gasteiger partial charge >= 0.3 is 0 Å². The lowest BCUT2D eigenvalue weighted by atomic mass is 9.83. The van der Waals surface area contributed by atoms with Gasteiger partial charge in [0.15, 0.2) is 11.5 Å². The molecule has 1 aliphatic carbocycles. The van der Waals surface area contributed by atoms with Crippen molar-refractivity contribution in [1.29, 1.82) is 0 Å². The van der Waals surface area contributed by atoms with Crippen LogP contribution in [0, 0.1) is 11.8 Å². The molecule has 146 valence electrons. The van der Waals surface area contributed by atoms with E-state index in [1.807, 2.05) is 23.1 Å². The van der Waals surface area contributed by atoms with Crippen LogP contribution in [-0.2, 0) is 9.59 Å². The number of piperidine rings is 1. The number of benzene rings is 1. The van der Waals surface area contributed by atoms with Gasteiger partial charge in [-0.2, -0.15) is 0 Å². The zero-order valence-electron chi connectivity index (χ0n) is 16.1. The molecule has 0 radical (unpaired) electrons. The maximum Gasteiger partial charge on any atom is 0.225 e. The largest absolute Gasteiger partial charge is 0.493 e. The van der Waals surface area contributed by atoms with Gasteiger partial charge in [-0.25, -0.2) is 0 Å². The molecule has 1 aliphatic heterocycles. The summed E-state index contributed by atoms with van der Waals surface area (Å²) in [5.74, 6) is 1.50. The van der Waals surface area contributed by atoms with Crippen LogP contribution in [0.1, 0.15) is 30.7 Å². The normalized spacial score (nSPS) is 22.1. The molecule has 0 spiro atoms. The summed E-state index contributed by atoms with van der Waals surface area (Å²) in [6, 6.07) is 5.83. The van der Waals surface area contributed by atoms with Gasteiger partial charge in [0.1, 0.15) is 0 Å². The molecule has 2 atom stereocenters. The zero-order valence-corrected chi connectivity index (χ0v) is 16.1. The van der Waals surface area contributed by atoms with E-state index in [1.54, 1.807) is 20.3 Å². The number of hydrogen-bond donors (Lipinski definition) is 1. The van der Waals surface area contributed by atoms with E-state index in [0.717, 1.165) is 18.4 Å². The van der Waals surface area contributed by atoms with E-state index in [9.17, 15) is 9.59 Å². The Morgan fingerprint density at radius 3 is 2.56 bits per heavy atom. The predicted octanol–water partition coefficient (Wildman–Crippen LogP) is 2.35. The molecule has 0 bridgehead atoms. The molecule has 1 N–H and O–H groups in total. The fraction of sp³-hybridized carbons (Fsp3) is 0.524. The second kappa shape index (κ2) is 8.46. The van der Waals surface area contributed by atoms with Crippen LogP contribution in [0.3, 0.4) is 0 Å². The highest BCUT2D eigenvalue weighted by Gasteiger charge is 2.39. The van der Waals surface area contributed by atoms with Gasteiger partial charge in [-0.05, 0) is 37.0 Å². The fourth-order valence-corrected chi connectivity index (χ4v) is 3.72. The van der Waals surface area contributed by atoms with Crippen LogP contribution in [0.25, 0.3) is 0 Å². The van der Waals surface area contributed by atoms with E-state index in [2.05, 4.69) is 11.9 Å². The molecule has 0 aromatic heterocycles. The molecule has 2 amide bonds. The van der Waals surface area contributed by atoms with Crippen molar-refractivity contribution in [2.75, 3.05) is 33.9 Å². The molecule has 0 unspecified atom stereocenters. The van der Waals surface area contributed by atoms with E-state index in [1.165, 1.54) is 0 Å². The van der Waals surface area contributed by atoms with Gasteiger partial charge < -0.3 is 19.7 Å². The minimum absolute atomic E-state index is 0.0197. The molecule has 2 aliphatic rings. The number of methoxy groups -OCH3 is 2. The maximum absolute atomic E-state index is 12.7. The lowest BCUT2D eigenvalue weighted by Gasteiger charge is -2.37. The smallest absolute Gasteiger partial charge is 0.225 e. The summed E-state index contributed by atoms with van der Waals surface area (Å²) in [5, 5.41) is 2.88. The molecule has 6 heteroatoms. The highest BCUT2D eigenvalue weighted by Crippen LogP contribution is 2.38. The third-order valence-electron chi connectivity index (χ3n) is 5.36. The van der Waals surface area contributed by atoms with Crippen LogP contribution >= 0.6 is 0 Å². The Labute approximate surface area is 160 Å². The number of amides is 2. The summed E-state index contributed by atoms with van der Waals surface area (Å²) in [7, 11) is 3.21. The Kier molecular flexibility index (Phi) is 6.04. The molecule has 27 heavy (non-hydrogen) atoms. The van der Waals surface area contributed by atoms with Gasteiger partial charge in [0.05, 0.1) is 20.1 Å². The van der Waals surface area contributed by atoms with E-state index < -0.39 is 0 Å². The quantitative estimate of drug-likeness (QED) is 0.746.